The molecule has 22 heavy (non-hydrogen) atoms. The quantitative estimate of drug-likeness (QED) is 0.839. The summed E-state index contributed by atoms with van der Waals surface area (Å²) in [6.07, 6.45) is 2.20. The molecule has 0 unspecified atom stereocenters. The third-order valence-electron chi connectivity index (χ3n) is 3.65. The Morgan fingerprint density at radius 3 is 2.27 bits per heavy atom. The molecule has 2 rings (SSSR count). The molecule has 120 valence electrons. The van der Waals surface area contributed by atoms with Gasteiger partial charge in [0.25, 0.3) is 0 Å². The van der Waals surface area contributed by atoms with Gasteiger partial charge in [-0.3, -0.25) is 9.59 Å². The maximum Gasteiger partial charge on any atom is 0.242 e. The molecule has 2 amide bonds. The molecule has 0 aliphatic carbocycles. The lowest BCUT2D eigenvalue weighted by Crippen LogP contribution is -2.41. The van der Waals surface area contributed by atoms with Crippen molar-refractivity contribution in [2.45, 2.75) is 39.7 Å². The Kier molecular flexibility index (Phi) is 5.41. The van der Waals surface area contributed by atoms with Crippen molar-refractivity contribution in [2.24, 2.45) is 0 Å². The van der Waals surface area contributed by atoms with Crippen molar-refractivity contribution < 1.29 is 14.3 Å². The molecule has 0 spiro atoms. The number of benzene rings is 1. The van der Waals surface area contributed by atoms with Crippen molar-refractivity contribution in [1.82, 2.24) is 4.90 Å². The van der Waals surface area contributed by atoms with Crippen LogP contribution in [0.5, 0.6) is 5.75 Å². The highest BCUT2D eigenvalue weighted by molar-refractivity contribution is 5.97. The monoisotopic (exact) mass is 304 g/mol. The Morgan fingerprint density at radius 1 is 1.18 bits per heavy atom. The lowest BCUT2D eigenvalue weighted by atomic mass is 10.2. The number of rotatable bonds is 5. The van der Waals surface area contributed by atoms with E-state index in [2.05, 4.69) is 0 Å². The number of anilines is 1. The summed E-state index contributed by atoms with van der Waals surface area (Å²) in [4.78, 5) is 27.5. The van der Waals surface area contributed by atoms with E-state index in [1.54, 1.807) is 0 Å². The van der Waals surface area contributed by atoms with E-state index in [4.69, 9.17) is 4.74 Å². The third kappa shape index (κ3) is 4.23. The molecule has 1 saturated heterocycles. The number of hydrogen-bond acceptors (Lipinski definition) is 3. The molecule has 1 fully saturated rings. The lowest BCUT2D eigenvalue weighted by Gasteiger charge is -2.24. The average Bonchev–Trinajstić information content (AvgIpc) is 2.99. The van der Waals surface area contributed by atoms with Crippen molar-refractivity contribution in [3.8, 4) is 5.75 Å². The number of amides is 2. The van der Waals surface area contributed by atoms with Gasteiger partial charge in [-0.05, 0) is 51.0 Å². The minimum absolute atomic E-state index is 0.00945. The molecule has 0 bridgehead atoms. The first-order valence-electron chi connectivity index (χ1n) is 7.80. The minimum Gasteiger partial charge on any atom is -0.491 e. The molecule has 1 aliphatic rings. The molecule has 1 aromatic rings. The van der Waals surface area contributed by atoms with Crippen LogP contribution in [0, 0.1) is 0 Å². The van der Waals surface area contributed by atoms with Gasteiger partial charge in [-0.2, -0.15) is 0 Å². The van der Waals surface area contributed by atoms with Gasteiger partial charge < -0.3 is 14.5 Å². The van der Waals surface area contributed by atoms with Crippen LogP contribution in [0.1, 0.15) is 33.6 Å². The van der Waals surface area contributed by atoms with Gasteiger partial charge in [0.1, 0.15) is 12.3 Å². The summed E-state index contributed by atoms with van der Waals surface area (Å²) in [6, 6.07) is 7.28. The van der Waals surface area contributed by atoms with Gasteiger partial charge in [0.05, 0.1) is 6.10 Å². The summed E-state index contributed by atoms with van der Waals surface area (Å²) < 4.78 is 5.59. The van der Waals surface area contributed by atoms with E-state index in [9.17, 15) is 9.59 Å². The highest BCUT2D eigenvalue weighted by Crippen LogP contribution is 2.21. The molecule has 1 aromatic carbocycles. The summed E-state index contributed by atoms with van der Waals surface area (Å²) in [7, 11) is 0. The summed E-state index contributed by atoms with van der Waals surface area (Å²) >= 11 is 0. The van der Waals surface area contributed by atoms with E-state index in [1.807, 2.05) is 43.0 Å². The van der Waals surface area contributed by atoms with Crippen LogP contribution in [-0.2, 0) is 9.59 Å². The van der Waals surface area contributed by atoms with Crippen LogP contribution in [0.2, 0.25) is 0 Å². The Bertz CT molecular complexity index is 519. The Labute approximate surface area is 131 Å². The molecule has 1 aliphatic heterocycles. The highest BCUT2D eigenvalue weighted by atomic mass is 16.5. The Balaban J connectivity index is 2.07. The molecule has 0 radical (unpaired) electrons. The molecular weight excluding hydrogens is 280 g/mol. The smallest absolute Gasteiger partial charge is 0.242 e. The molecule has 0 atom stereocenters. The molecule has 5 nitrogen and oxygen atoms in total. The van der Waals surface area contributed by atoms with Crippen molar-refractivity contribution in [2.75, 3.05) is 24.5 Å². The van der Waals surface area contributed by atoms with Crippen LogP contribution < -0.4 is 9.64 Å². The Morgan fingerprint density at radius 2 is 1.77 bits per heavy atom. The molecule has 0 aromatic heterocycles. The summed E-state index contributed by atoms with van der Waals surface area (Å²) in [5.41, 5.74) is 0.719. The number of carbonyl (C=O) groups is 2. The van der Waals surface area contributed by atoms with Gasteiger partial charge >= 0.3 is 0 Å². The normalized spacial score (nSPS) is 14.3. The van der Waals surface area contributed by atoms with Gasteiger partial charge in [0.2, 0.25) is 11.8 Å². The first kappa shape index (κ1) is 16.3. The number of carbonyl (C=O) groups excluding carboxylic acids is 2. The zero-order valence-corrected chi connectivity index (χ0v) is 13.5. The van der Waals surface area contributed by atoms with Crippen molar-refractivity contribution in [3.63, 3.8) is 0 Å². The van der Waals surface area contributed by atoms with E-state index >= 15 is 0 Å². The molecule has 1 heterocycles. The van der Waals surface area contributed by atoms with Crippen LogP contribution in [0.15, 0.2) is 24.3 Å². The second-order valence-electron chi connectivity index (χ2n) is 5.85. The zero-order valence-electron chi connectivity index (χ0n) is 13.5. The van der Waals surface area contributed by atoms with Gasteiger partial charge in [0, 0.05) is 25.7 Å². The number of nitrogens with zero attached hydrogens (tertiary/aromatic N) is 2. The molecule has 0 saturated carbocycles. The van der Waals surface area contributed by atoms with Crippen molar-refractivity contribution in [3.05, 3.63) is 24.3 Å². The van der Waals surface area contributed by atoms with Gasteiger partial charge in [-0.1, -0.05) is 0 Å². The molecule has 5 heteroatoms. The molecule has 0 N–H and O–H groups in total. The molecular formula is C17H24N2O3. The van der Waals surface area contributed by atoms with Gasteiger partial charge in [0.15, 0.2) is 0 Å². The summed E-state index contributed by atoms with van der Waals surface area (Å²) in [5, 5.41) is 0. The van der Waals surface area contributed by atoms with Crippen LogP contribution in [0.25, 0.3) is 0 Å². The van der Waals surface area contributed by atoms with E-state index in [-0.39, 0.29) is 24.5 Å². The van der Waals surface area contributed by atoms with E-state index in [0.717, 1.165) is 37.4 Å². The SMILES string of the molecule is CC(=O)N(CC(=O)N1CCCC1)c1ccc(OC(C)C)cc1. The van der Waals surface area contributed by atoms with Crippen LogP contribution in [0.4, 0.5) is 5.69 Å². The third-order valence-corrected chi connectivity index (χ3v) is 3.65. The maximum atomic E-state index is 12.3. The van der Waals surface area contributed by atoms with Crippen molar-refractivity contribution >= 4 is 17.5 Å². The second-order valence-corrected chi connectivity index (χ2v) is 5.85. The number of ether oxygens (including phenoxy) is 1. The fraction of sp³-hybridized carbons (Fsp3) is 0.529. The first-order chi connectivity index (χ1) is 10.5. The summed E-state index contributed by atoms with van der Waals surface area (Å²) in [5.74, 6) is 0.633. The predicted octanol–water partition coefficient (Wildman–Crippen LogP) is 2.45. The highest BCUT2D eigenvalue weighted by Gasteiger charge is 2.22. The largest absolute Gasteiger partial charge is 0.491 e. The van der Waals surface area contributed by atoms with E-state index < -0.39 is 0 Å². The average molecular weight is 304 g/mol. The topological polar surface area (TPSA) is 49.9 Å². The van der Waals surface area contributed by atoms with Crippen LogP contribution in [-0.4, -0.2) is 42.5 Å². The number of likely N-dealkylation sites (tertiary alicyclic amines) is 1. The minimum atomic E-state index is -0.134. The van der Waals surface area contributed by atoms with Crippen LogP contribution >= 0.6 is 0 Å². The maximum absolute atomic E-state index is 12.3. The van der Waals surface area contributed by atoms with Crippen molar-refractivity contribution in [1.29, 1.82) is 0 Å². The zero-order chi connectivity index (χ0) is 16.1. The fourth-order valence-electron chi connectivity index (χ4n) is 2.56. The van der Waals surface area contributed by atoms with Gasteiger partial charge in [-0.25, -0.2) is 0 Å². The number of hydrogen-bond donors (Lipinski definition) is 0. The second kappa shape index (κ2) is 7.29. The predicted molar refractivity (Wildman–Crippen MR) is 86.0 cm³/mol. The fourth-order valence-corrected chi connectivity index (χ4v) is 2.56. The van der Waals surface area contributed by atoms with E-state index in [1.165, 1.54) is 11.8 Å². The van der Waals surface area contributed by atoms with E-state index in [0.29, 0.717) is 0 Å². The summed E-state index contributed by atoms with van der Waals surface area (Å²) in [6.45, 7) is 7.10. The van der Waals surface area contributed by atoms with Crippen LogP contribution in [0.3, 0.4) is 0 Å². The van der Waals surface area contributed by atoms with Gasteiger partial charge in [-0.15, -0.1) is 0 Å². The first-order valence-corrected chi connectivity index (χ1v) is 7.80. The standard InChI is InChI=1S/C17H24N2O3/c1-13(2)22-16-8-6-15(7-9-16)19(14(3)20)12-17(21)18-10-4-5-11-18/h6-9,13H,4-5,10-12H2,1-3H3. The Hall–Kier alpha value is -2.04. The lowest BCUT2D eigenvalue weighted by molar-refractivity contribution is -0.130.